The van der Waals surface area contributed by atoms with Crippen molar-refractivity contribution in [1.82, 2.24) is 9.88 Å². The van der Waals surface area contributed by atoms with Gasteiger partial charge in [-0.3, -0.25) is 9.59 Å². The van der Waals surface area contributed by atoms with Gasteiger partial charge < -0.3 is 30.0 Å². The molecule has 6 rings (SSSR count). The first-order valence-electron chi connectivity index (χ1n) is 13.3. The van der Waals surface area contributed by atoms with E-state index < -0.39 is 17.2 Å². The molecule has 0 aliphatic carbocycles. The number of ether oxygens (including phenoxy) is 2. The van der Waals surface area contributed by atoms with Crippen LogP contribution in [0.4, 0.5) is 10.1 Å². The van der Waals surface area contributed by atoms with E-state index in [1.54, 1.807) is 10.8 Å². The van der Waals surface area contributed by atoms with E-state index in [4.69, 9.17) is 15.2 Å². The third kappa shape index (κ3) is 4.51. The molecule has 0 spiro atoms. The van der Waals surface area contributed by atoms with Gasteiger partial charge in [-0.15, -0.1) is 0 Å². The van der Waals surface area contributed by atoms with Crippen LogP contribution in [-0.4, -0.2) is 48.9 Å². The molecule has 39 heavy (non-hydrogen) atoms. The number of aromatic nitrogens is 1. The second kappa shape index (κ2) is 9.98. The van der Waals surface area contributed by atoms with Crippen LogP contribution in [0.1, 0.15) is 37.0 Å². The molecular weight excluding hydrogens is 499 g/mol. The first-order valence-corrected chi connectivity index (χ1v) is 13.3. The molecule has 8 nitrogen and oxygen atoms in total. The molecule has 1 unspecified atom stereocenters. The standard InChI is InChI=1S/C30H31FN4O4/c1-17(2)38-11-5-9-33-30(37)22-16-35-24-12-18-6-3-4-7-19(18)13-25(24)39-29-26(35)21(28(22)36)14-23(31)27(29)34-10-8-20(32)15-34/h3-4,6-7,12-14,16-17,20H,5,8-11,15,32H2,1-2H3,(H,33,37). The van der Waals surface area contributed by atoms with E-state index in [1.165, 1.54) is 6.07 Å². The molecule has 1 aromatic heterocycles. The summed E-state index contributed by atoms with van der Waals surface area (Å²) in [4.78, 5) is 28.7. The quantitative estimate of drug-likeness (QED) is 0.301. The van der Waals surface area contributed by atoms with Crippen LogP contribution in [0.3, 0.4) is 0 Å². The van der Waals surface area contributed by atoms with Gasteiger partial charge in [0.25, 0.3) is 5.91 Å². The van der Waals surface area contributed by atoms with Crippen LogP contribution in [-0.2, 0) is 4.74 Å². The van der Waals surface area contributed by atoms with E-state index in [1.807, 2.05) is 55.1 Å². The van der Waals surface area contributed by atoms with Crippen molar-refractivity contribution < 1.29 is 18.7 Å². The number of carbonyl (C=O) groups is 1. The highest BCUT2D eigenvalue weighted by molar-refractivity contribution is 6.02. The number of halogens is 1. The molecule has 2 aliphatic heterocycles. The average Bonchev–Trinajstić information content (AvgIpc) is 3.33. The maximum atomic E-state index is 15.8. The summed E-state index contributed by atoms with van der Waals surface area (Å²) >= 11 is 0. The zero-order chi connectivity index (χ0) is 27.3. The number of anilines is 1. The Morgan fingerprint density at radius 2 is 2.00 bits per heavy atom. The second-order valence-corrected chi connectivity index (χ2v) is 10.5. The van der Waals surface area contributed by atoms with Crippen molar-refractivity contribution in [3.05, 3.63) is 70.3 Å². The predicted octanol–water partition coefficient (Wildman–Crippen LogP) is 4.47. The predicted molar refractivity (Wildman–Crippen MR) is 150 cm³/mol. The number of amides is 1. The highest BCUT2D eigenvalue weighted by Crippen LogP contribution is 2.48. The van der Waals surface area contributed by atoms with Crippen LogP contribution < -0.4 is 26.1 Å². The molecule has 1 atom stereocenters. The number of pyridine rings is 1. The summed E-state index contributed by atoms with van der Waals surface area (Å²) in [5.74, 6) is -0.320. The smallest absolute Gasteiger partial charge is 0.256 e. The fraction of sp³-hybridized carbons (Fsp3) is 0.333. The van der Waals surface area contributed by atoms with Gasteiger partial charge in [0.05, 0.1) is 17.2 Å². The Labute approximate surface area is 225 Å². The number of nitrogens with one attached hydrogen (secondary N) is 1. The lowest BCUT2D eigenvalue weighted by Gasteiger charge is -2.29. The van der Waals surface area contributed by atoms with Crippen molar-refractivity contribution in [3.63, 3.8) is 0 Å². The van der Waals surface area contributed by atoms with Gasteiger partial charge in [0.1, 0.15) is 16.8 Å². The summed E-state index contributed by atoms with van der Waals surface area (Å²) in [5.41, 5.74) is 6.91. The zero-order valence-corrected chi connectivity index (χ0v) is 22.0. The molecule has 0 radical (unpaired) electrons. The lowest BCUT2D eigenvalue weighted by Crippen LogP contribution is -2.32. The van der Waals surface area contributed by atoms with Gasteiger partial charge in [-0.2, -0.15) is 0 Å². The first kappa shape index (κ1) is 25.3. The molecule has 9 heteroatoms. The Balaban J connectivity index is 1.51. The normalized spacial score (nSPS) is 16.1. The molecule has 0 bridgehead atoms. The molecule has 3 N–H and O–H groups in total. The van der Waals surface area contributed by atoms with Crippen LogP contribution in [0, 0.1) is 5.82 Å². The van der Waals surface area contributed by atoms with Crippen molar-refractivity contribution in [1.29, 1.82) is 0 Å². The lowest BCUT2D eigenvalue weighted by atomic mass is 10.0. The van der Waals surface area contributed by atoms with Gasteiger partial charge in [0.15, 0.2) is 17.3 Å². The minimum absolute atomic E-state index is 0.0606. The number of benzene rings is 3. The Morgan fingerprint density at radius 1 is 1.23 bits per heavy atom. The van der Waals surface area contributed by atoms with Crippen molar-refractivity contribution in [2.45, 2.75) is 38.8 Å². The summed E-state index contributed by atoms with van der Waals surface area (Å²) in [7, 11) is 0. The molecular formula is C30H31FN4O4. The Bertz CT molecular complexity index is 1670. The van der Waals surface area contributed by atoms with Gasteiger partial charge in [-0.1, -0.05) is 24.3 Å². The van der Waals surface area contributed by atoms with Crippen molar-refractivity contribution in [3.8, 4) is 17.2 Å². The van der Waals surface area contributed by atoms with E-state index in [-0.39, 0.29) is 34.5 Å². The minimum Gasteiger partial charge on any atom is -0.451 e. The first-order chi connectivity index (χ1) is 18.8. The van der Waals surface area contributed by atoms with Gasteiger partial charge >= 0.3 is 0 Å². The highest BCUT2D eigenvalue weighted by Gasteiger charge is 2.32. The molecule has 0 saturated carbocycles. The Morgan fingerprint density at radius 3 is 2.72 bits per heavy atom. The summed E-state index contributed by atoms with van der Waals surface area (Å²) in [5, 5.41) is 4.83. The molecule has 2 aliphatic rings. The van der Waals surface area contributed by atoms with Gasteiger partial charge in [0.2, 0.25) is 5.43 Å². The number of nitrogens with two attached hydrogens (primary N) is 1. The largest absolute Gasteiger partial charge is 0.451 e. The number of fused-ring (bicyclic) bond motifs is 3. The molecule has 1 amide bonds. The monoisotopic (exact) mass is 530 g/mol. The third-order valence-corrected chi connectivity index (χ3v) is 7.31. The van der Waals surface area contributed by atoms with Crippen LogP contribution in [0.5, 0.6) is 11.5 Å². The van der Waals surface area contributed by atoms with Gasteiger partial charge in [-0.25, -0.2) is 4.39 Å². The number of rotatable bonds is 7. The maximum absolute atomic E-state index is 15.8. The fourth-order valence-electron chi connectivity index (χ4n) is 5.43. The Hall–Kier alpha value is -3.95. The lowest BCUT2D eigenvalue weighted by molar-refractivity contribution is 0.0757. The maximum Gasteiger partial charge on any atom is 0.256 e. The van der Waals surface area contributed by atoms with Crippen LogP contribution in [0.2, 0.25) is 0 Å². The molecule has 3 aromatic carbocycles. The average molecular weight is 531 g/mol. The molecule has 202 valence electrons. The number of carbonyl (C=O) groups excluding carboxylic acids is 1. The second-order valence-electron chi connectivity index (χ2n) is 10.5. The number of hydrogen-bond donors (Lipinski definition) is 2. The molecule has 4 aromatic rings. The van der Waals surface area contributed by atoms with Crippen LogP contribution >= 0.6 is 0 Å². The van der Waals surface area contributed by atoms with Crippen LogP contribution in [0.25, 0.3) is 27.4 Å². The number of nitrogens with zero attached hydrogens (tertiary/aromatic N) is 2. The van der Waals surface area contributed by atoms with Gasteiger partial charge in [-0.05, 0) is 55.7 Å². The third-order valence-electron chi connectivity index (χ3n) is 7.31. The molecule has 1 fully saturated rings. The Kier molecular flexibility index (Phi) is 6.48. The molecule has 3 heterocycles. The summed E-state index contributed by atoms with van der Waals surface area (Å²) in [6.45, 7) is 5.80. The van der Waals surface area contributed by atoms with Crippen molar-refractivity contribution in [2.24, 2.45) is 5.73 Å². The van der Waals surface area contributed by atoms with Gasteiger partial charge in [0, 0.05) is 38.5 Å². The van der Waals surface area contributed by atoms with E-state index >= 15 is 4.39 Å². The topological polar surface area (TPSA) is 98.8 Å². The van der Waals surface area contributed by atoms with E-state index in [2.05, 4.69) is 5.32 Å². The SMILES string of the molecule is CC(C)OCCCNC(=O)c1cn2c3c(c(N4CCC(N)C4)c(F)cc3c1=O)Oc1cc3ccccc3cc1-2. The highest BCUT2D eigenvalue weighted by atomic mass is 19.1. The molecule has 1 saturated heterocycles. The van der Waals surface area contributed by atoms with Crippen LogP contribution in [0.15, 0.2) is 53.5 Å². The van der Waals surface area contributed by atoms with E-state index in [0.29, 0.717) is 49.6 Å². The van der Waals surface area contributed by atoms with Crippen molar-refractivity contribution in [2.75, 3.05) is 31.1 Å². The van der Waals surface area contributed by atoms with E-state index in [9.17, 15) is 9.59 Å². The summed E-state index contributed by atoms with van der Waals surface area (Å²) in [6.07, 6.45) is 2.98. The zero-order valence-electron chi connectivity index (χ0n) is 22.0. The minimum atomic E-state index is -0.581. The van der Waals surface area contributed by atoms with E-state index in [0.717, 1.165) is 17.2 Å². The number of hydrogen-bond acceptors (Lipinski definition) is 6. The summed E-state index contributed by atoms with van der Waals surface area (Å²) < 4.78 is 29.5. The van der Waals surface area contributed by atoms with Crippen molar-refractivity contribution >= 4 is 33.3 Å². The fourth-order valence-corrected chi connectivity index (χ4v) is 5.43. The summed E-state index contributed by atoms with van der Waals surface area (Å²) in [6, 6.07) is 12.8.